The molecule has 26 heavy (non-hydrogen) atoms. The van der Waals surface area contributed by atoms with Gasteiger partial charge < -0.3 is 5.32 Å². The Morgan fingerprint density at radius 1 is 1.15 bits per heavy atom. The van der Waals surface area contributed by atoms with E-state index in [4.69, 9.17) is 0 Å². The van der Waals surface area contributed by atoms with E-state index in [1.807, 2.05) is 36.4 Å². The number of aromatic amines is 1. The average molecular weight is 363 g/mol. The van der Waals surface area contributed by atoms with Crippen molar-refractivity contribution in [2.75, 3.05) is 11.9 Å². The summed E-state index contributed by atoms with van der Waals surface area (Å²) in [6, 6.07) is 13.6. The maximum Gasteiger partial charge on any atom is 0.320 e. The van der Waals surface area contributed by atoms with Gasteiger partial charge in [-0.3, -0.25) is 15.4 Å². The first kappa shape index (κ1) is 16.3. The molecule has 2 amide bonds. The number of rotatable bonds is 5. The molecule has 0 spiro atoms. The normalized spacial score (nSPS) is 10.8. The monoisotopic (exact) mass is 363 g/mol. The molecule has 1 aromatic carbocycles. The second-order valence-electron chi connectivity index (χ2n) is 5.80. The largest absolute Gasteiger partial charge is 0.337 e. The van der Waals surface area contributed by atoms with Crippen LogP contribution < -0.4 is 10.6 Å². The maximum absolute atomic E-state index is 12.1. The van der Waals surface area contributed by atoms with Gasteiger partial charge in [-0.15, -0.1) is 0 Å². The third-order valence-corrected chi connectivity index (χ3v) is 4.73. The van der Waals surface area contributed by atoms with Crippen molar-refractivity contribution in [3.63, 3.8) is 0 Å². The number of hydrogen-bond donors (Lipinski definition) is 3. The fraction of sp³-hybridized carbons (Fsp3) is 0.105. The first-order chi connectivity index (χ1) is 12.8. The van der Waals surface area contributed by atoms with Crippen molar-refractivity contribution >= 4 is 34.1 Å². The highest BCUT2D eigenvalue weighted by atomic mass is 32.1. The molecule has 3 N–H and O–H groups in total. The van der Waals surface area contributed by atoms with Gasteiger partial charge in [-0.25, -0.2) is 4.79 Å². The van der Waals surface area contributed by atoms with E-state index in [1.165, 1.54) is 5.56 Å². The minimum atomic E-state index is -0.281. The molecule has 4 aromatic rings. The van der Waals surface area contributed by atoms with Crippen LogP contribution in [0.5, 0.6) is 0 Å². The van der Waals surface area contributed by atoms with Crippen LogP contribution in [0.15, 0.2) is 59.4 Å². The number of pyridine rings is 1. The summed E-state index contributed by atoms with van der Waals surface area (Å²) >= 11 is 1.66. The lowest BCUT2D eigenvalue weighted by atomic mass is 10.1. The van der Waals surface area contributed by atoms with Crippen molar-refractivity contribution < 1.29 is 4.79 Å². The summed E-state index contributed by atoms with van der Waals surface area (Å²) in [4.78, 5) is 16.3. The van der Waals surface area contributed by atoms with E-state index in [1.54, 1.807) is 17.5 Å². The minimum absolute atomic E-state index is 0.281. The Kier molecular flexibility index (Phi) is 4.61. The molecule has 130 valence electrons. The molecule has 0 radical (unpaired) electrons. The summed E-state index contributed by atoms with van der Waals surface area (Å²) in [6.07, 6.45) is 2.43. The number of carbonyl (C=O) groups is 1. The summed E-state index contributed by atoms with van der Waals surface area (Å²) in [5.74, 6) is 0.521. The standard InChI is InChI=1S/C19H17N5OS/c25-19(21-9-6-15-3-1-2-8-20-15)22-18-16-5-4-13(11-17(16)23-24-18)14-7-10-26-12-14/h1-5,7-8,10-12H,6,9H2,(H3,21,22,23,24,25). The van der Waals surface area contributed by atoms with Crippen molar-refractivity contribution in [1.82, 2.24) is 20.5 Å². The smallest absolute Gasteiger partial charge is 0.320 e. The Hall–Kier alpha value is -3.19. The van der Waals surface area contributed by atoms with E-state index in [0.717, 1.165) is 22.2 Å². The van der Waals surface area contributed by atoms with Gasteiger partial charge in [0.2, 0.25) is 0 Å². The Labute approximate surface area is 154 Å². The van der Waals surface area contributed by atoms with Gasteiger partial charge in [0.25, 0.3) is 0 Å². The molecule has 0 saturated carbocycles. The molecule has 0 aliphatic rings. The zero-order valence-electron chi connectivity index (χ0n) is 13.9. The van der Waals surface area contributed by atoms with E-state index in [9.17, 15) is 4.79 Å². The number of hydrogen-bond acceptors (Lipinski definition) is 4. The van der Waals surface area contributed by atoms with Crippen LogP contribution in [0.3, 0.4) is 0 Å². The molecule has 6 nitrogen and oxygen atoms in total. The van der Waals surface area contributed by atoms with Crippen LogP contribution in [0.1, 0.15) is 5.69 Å². The van der Waals surface area contributed by atoms with E-state index in [-0.39, 0.29) is 6.03 Å². The summed E-state index contributed by atoms with van der Waals surface area (Å²) in [5.41, 5.74) is 4.12. The number of carbonyl (C=O) groups excluding carboxylic acids is 1. The SMILES string of the molecule is O=C(NCCc1ccccn1)Nc1n[nH]c2cc(-c3ccsc3)ccc12. The second-order valence-corrected chi connectivity index (χ2v) is 6.58. The van der Waals surface area contributed by atoms with Crippen LogP contribution in [0, 0.1) is 0 Å². The van der Waals surface area contributed by atoms with E-state index >= 15 is 0 Å². The molecule has 3 heterocycles. The zero-order valence-corrected chi connectivity index (χ0v) is 14.7. The van der Waals surface area contributed by atoms with Crippen molar-refractivity contribution in [3.05, 3.63) is 65.1 Å². The lowest BCUT2D eigenvalue weighted by molar-refractivity contribution is 0.252. The molecule has 0 aliphatic carbocycles. The van der Waals surface area contributed by atoms with Crippen molar-refractivity contribution in [2.45, 2.75) is 6.42 Å². The van der Waals surface area contributed by atoms with Crippen LogP contribution in [-0.2, 0) is 6.42 Å². The molecule has 7 heteroatoms. The number of nitrogens with zero attached hydrogens (tertiary/aromatic N) is 2. The fourth-order valence-electron chi connectivity index (χ4n) is 2.73. The number of anilines is 1. The van der Waals surface area contributed by atoms with Crippen LogP contribution >= 0.6 is 11.3 Å². The fourth-order valence-corrected chi connectivity index (χ4v) is 3.39. The third-order valence-electron chi connectivity index (χ3n) is 4.04. The highest BCUT2D eigenvalue weighted by Crippen LogP contribution is 2.28. The predicted octanol–water partition coefficient (Wildman–Crippen LogP) is 4.05. The minimum Gasteiger partial charge on any atom is -0.337 e. The van der Waals surface area contributed by atoms with Gasteiger partial charge in [-0.2, -0.15) is 16.4 Å². The van der Waals surface area contributed by atoms with Gasteiger partial charge in [-0.1, -0.05) is 12.1 Å². The summed E-state index contributed by atoms with van der Waals surface area (Å²) in [5, 5.41) is 17.8. The van der Waals surface area contributed by atoms with Crippen LogP contribution in [-0.4, -0.2) is 27.8 Å². The first-order valence-electron chi connectivity index (χ1n) is 8.25. The molecule has 0 saturated heterocycles. The van der Waals surface area contributed by atoms with Crippen molar-refractivity contribution in [3.8, 4) is 11.1 Å². The van der Waals surface area contributed by atoms with Gasteiger partial charge in [0.15, 0.2) is 5.82 Å². The lowest BCUT2D eigenvalue weighted by Gasteiger charge is -2.06. The maximum atomic E-state index is 12.1. The first-order valence-corrected chi connectivity index (χ1v) is 9.19. The highest BCUT2D eigenvalue weighted by molar-refractivity contribution is 7.08. The number of benzene rings is 1. The lowest BCUT2D eigenvalue weighted by Crippen LogP contribution is -2.30. The number of thiophene rings is 1. The number of amides is 2. The molecule has 0 fully saturated rings. The Morgan fingerprint density at radius 3 is 2.92 bits per heavy atom. The van der Waals surface area contributed by atoms with E-state index in [0.29, 0.717) is 18.8 Å². The molecular formula is C19H17N5OS. The molecule has 3 aromatic heterocycles. The molecule has 0 aliphatic heterocycles. The van der Waals surface area contributed by atoms with Gasteiger partial charge >= 0.3 is 6.03 Å². The number of H-pyrrole nitrogens is 1. The van der Waals surface area contributed by atoms with Gasteiger partial charge in [0, 0.05) is 30.2 Å². The van der Waals surface area contributed by atoms with Crippen molar-refractivity contribution in [2.24, 2.45) is 0 Å². The van der Waals surface area contributed by atoms with Gasteiger partial charge in [-0.05, 0) is 52.2 Å². The average Bonchev–Trinajstić information content (AvgIpc) is 3.33. The molecule has 4 rings (SSSR count). The Morgan fingerprint density at radius 2 is 2.12 bits per heavy atom. The number of urea groups is 1. The molecule has 0 unspecified atom stereocenters. The molecular weight excluding hydrogens is 346 g/mol. The molecule has 0 bridgehead atoms. The quantitative estimate of drug-likeness (QED) is 0.500. The number of aromatic nitrogens is 3. The van der Waals surface area contributed by atoms with E-state index < -0.39 is 0 Å². The summed E-state index contributed by atoms with van der Waals surface area (Å²) in [6.45, 7) is 0.507. The van der Waals surface area contributed by atoms with Gasteiger partial charge in [0.1, 0.15) is 0 Å². The number of nitrogens with one attached hydrogen (secondary N) is 3. The van der Waals surface area contributed by atoms with Crippen molar-refractivity contribution in [1.29, 1.82) is 0 Å². The summed E-state index contributed by atoms with van der Waals surface area (Å²) < 4.78 is 0. The highest BCUT2D eigenvalue weighted by Gasteiger charge is 2.10. The second kappa shape index (κ2) is 7.37. The Bertz CT molecular complexity index is 1010. The van der Waals surface area contributed by atoms with Crippen LogP contribution in [0.4, 0.5) is 10.6 Å². The number of fused-ring (bicyclic) bond motifs is 1. The molecule has 0 atom stereocenters. The van der Waals surface area contributed by atoms with Crippen LogP contribution in [0.25, 0.3) is 22.0 Å². The predicted molar refractivity (Wildman–Crippen MR) is 104 cm³/mol. The van der Waals surface area contributed by atoms with Gasteiger partial charge in [0.05, 0.1) is 5.52 Å². The van der Waals surface area contributed by atoms with E-state index in [2.05, 4.69) is 42.6 Å². The topological polar surface area (TPSA) is 82.7 Å². The third kappa shape index (κ3) is 3.57. The van der Waals surface area contributed by atoms with Crippen LogP contribution in [0.2, 0.25) is 0 Å². The summed E-state index contributed by atoms with van der Waals surface area (Å²) in [7, 11) is 0. The zero-order chi connectivity index (χ0) is 17.8. The Balaban J connectivity index is 1.40.